The number of imide groups is 1. The van der Waals surface area contributed by atoms with Gasteiger partial charge in [0, 0.05) is 5.56 Å². The quantitative estimate of drug-likeness (QED) is 0.469. The fourth-order valence-corrected chi connectivity index (χ4v) is 6.59. The summed E-state index contributed by atoms with van der Waals surface area (Å²) >= 11 is 6.37. The van der Waals surface area contributed by atoms with Gasteiger partial charge in [-0.15, -0.1) is 0 Å². The van der Waals surface area contributed by atoms with E-state index in [1.165, 1.54) is 4.31 Å². The lowest BCUT2D eigenvalue weighted by molar-refractivity contribution is 0.0618. The van der Waals surface area contributed by atoms with Crippen molar-refractivity contribution in [3.63, 3.8) is 0 Å². The molecule has 3 aromatic carbocycles. The second-order valence-electron chi connectivity index (χ2n) is 7.58. The molecule has 2 aliphatic heterocycles. The van der Waals surface area contributed by atoms with Crippen LogP contribution in [0.2, 0.25) is 5.02 Å². The first kappa shape index (κ1) is 20.8. The number of amides is 2. The minimum atomic E-state index is -3.61. The summed E-state index contributed by atoms with van der Waals surface area (Å²) in [7, 11) is -3.61. The van der Waals surface area contributed by atoms with Crippen LogP contribution in [0.1, 0.15) is 33.2 Å². The molecule has 2 N–H and O–H groups in total. The minimum absolute atomic E-state index is 0.212. The molecule has 3 aromatic rings. The van der Waals surface area contributed by atoms with E-state index in [2.05, 4.69) is 0 Å². The molecular formula is C24H19ClN2O4S. The van der Waals surface area contributed by atoms with Crippen LogP contribution in [0, 0.1) is 0 Å². The van der Waals surface area contributed by atoms with E-state index in [-0.39, 0.29) is 9.92 Å². The van der Waals surface area contributed by atoms with Gasteiger partial charge in [0.15, 0.2) is 0 Å². The van der Waals surface area contributed by atoms with E-state index in [9.17, 15) is 18.7 Å². The largest absolute Gasteiger partial charge is 0.277 e. The van der Waals surface area contributed by atoms with Gasteiger partial charge in [-0.1, -0.05) is 64.8 Å². The van der Waals surface area contributed by atoms with Gasteiger partial charge in [-0.25, -0.2) is 4.31 Å². The van der Waals surface area contributed by atoms with Crippen LogP contribution in [0.5, 0.6) is 0 Å². The third-order valence-electron chi connectivity index (χ3n) is 5.70. The number of benzene rings is 3. The second kappa shape index (κ2) is 7.50. The van der Waals surface area contributed by atoms with Crippen molar-refractivity contribution >= 4 is 46.0 Å². The number of hydrogen-bond donors (Lipinski definition) is 2. The fraction of sp³-hybridized carbons (Fsp3) is 0.0833. The molecule has 8 heteroatoms. The number of anilines is 1. The highest BCUT2D eigenvalue weighted by atomic mass is 35.5. The van der Waals surface area contributed by atoms with Gasteiger partial charge >= 0.3 is 0 Å². The molecule has 0 spiro atoms. The van der Waals surface area contributed by atoms with Crippen LogP contribution in [-0.4, -0.2) is 31.9 Å². The predicted octanol–water partition coefficient (Wildman–Crippen LogP) is 5.91. The predicted molar refractivity (Wildman–Crippen MR) is 126 cm³/mol. The summed E-state index contributed by atoms with van der Waals surface area (Å²) in [6.45, 7) is 1.70. The van der Waals surface area contributed by atoms with Gasteiger partial charge in [-0.05, 0) is 43.3 Å². The number of fused-ring (bicyclic) bond motifs is 2. The number of rotatable bonds is 3. The number of carbonyl (C=O) groups excluding carboxylic acids is 2. The molecule has 6 nitrogen and oxygen atoms in total. The molecule has 5 rings (SSSR count). The summed E-state index contributed by atoms with van der Waals surface area (Å²) in [6.07, 6.45) is 1.75. The van der Waals surface area contributed by atoms with Crippen molar-refractivity contribution in [3.05, 3.63) is 100 Å². The van der Waals surface area contributed by atoms with E-state index in [1.54, 1.807) is 79.7 Å². The Balaban J connectivity index is 1.69. The van der Waals surface area contributed by atoms with Gasteiger partial charge in [0.2, 0.25) is 0 Å². The molecule has 0 aliphatic carbocycles. The van der Waals surface area contributed by atoms with Crippen LogP contribution in [0.15, 0.2) is 83.4 Å². The Morgan fingerprint density at radius 3 is 2.06 bits per heavy atom. The maximum Gasteiger partial charge on any atom is 0.262 e. The first-order valence-electron chi connectivity index (χ1n) is 9.93. The average Bonchev–Trinajstić information content (AvgIpc) is 3.03. The SMILES string of the molecule is C[C@@H](C1=Cc2cccc(Cl)c2S(O)(O)N1c1ccccc1)N1C(=O)c2ccccc2C1=O. The summed E-state index contributed by atoms with van der Waals surface area (Å²) in [5, 5.41) is 0.229. The highest BCUT2D eigenvalue weighted by Crippen LogP contribution is 2.62. The van der Waals surface area contributed by atoms with E-state index < -0.39 is 28.6 Å². The van der Waals surface area contributed by atoms with Crippen LogP contribution < -0.4 is 4.31 Å². The number of carbonyl (C=O) groups is 2. The molecule has 162 valence electrons. The molecule has 0 radical (unpaired) electrons. The van der Waals surface area contributed by atoms with E-state index in [4.69, 9.17) is 11.6 Å². The molecule has 2 amide bonds. The van der Waals surface area contributed by atoms with Crippen LogP contribution in [0.25, 0.3) is 6.08 Å². The molecule has 0 fully saturated rings. The highest BCUT2D eigenvalue weighted by molar-refractivity contribution is 8.25. The lowest BCUT2D eigenvalue weighted by Crippen LogP contribution is -2.45. The van der Waals surface area contributed by atoms with Gasteiger partial charge in [0.25, 0.3) is 11.8 Å². The topological polar surface area (TPSA) is 81.1 Å². The lowest BCUT2D eigenvalue weighted by Gasteiger charge is -2.50. The van der Waals surface area contributed by atoms with Gasteiger partial charge < -0.3 is 0 Å². The second-order valence-corrected chi connectivity index (χ2v) is 9.80. The zero-order chi connectivity index (χ0) is 22.6. The van der Waals surface area contributed by atoms with Crippen LogP contribution in [-0.2, 0) is 0 Å². The first-order valence-corrected chi connectivity index (χ1v) is 11.8. The first-order chi connectivity index (χ1) is 15.3. The maximum absolute atomic E-state index is 13.1. The summed E-state index contributed by atoms with van der Waals surface area (Å²) in [4.78, 5) is 27.6. The number of nitrogens with zero attached hydrogens (tertiary/aromatic N) is 2. The number of para-hydroxylation sites is 1. The Bertz CT molecular complexity index is 1260. The van der Waals surface area contributed by atoms with E-state index in [0.717, 1.165) is 4.90 Å². The molecule has 0 saturated heterocycles. The molecule has 1 atom stereocenters. The normalized spacial score (nSPS) is 18.7. The van der Waals surface area contributed by atoms with Crippen LogP contribution >= 0.6 is 22.4 Å². The zero-order valence-corrected chi connectivity index (χ0v) is 18.5. The highest BCUT2D eigenvalue weighted by Gasteiger charge is 2.44. The summed E-state index contributed by atoms with van der Waals surface area (Å²) in [6, 6.07) is 19.8. The van der Waals surface area contributed by atoms with Gasteiger partial charge in [0.05, 0.1) is 33.6 Å². The third-order valence-corrected chi connectivity index (χ3v) is 8.06. The third kappa shape index (κ3) is 2.97. The van der Waals surface area contributed by atoms with E-state index in [1.807, 2.05) is 6.07 Å². The lowest BCUT2D eigenvalue weighted by atomic mass is 10.1. The molecule has 2 heterocycles. The molecule has 0 unspecified atom stereocenters. The molecule has 0 aromatic heterocycles. The van der Waals surface area contributed by atoms with E-state index >= 15 is 0 Å². The molecular weight excluding hydrogens is 448 g/mol. The Labute approximate surface area is 191 Å². The van der Waals surface area contributed by atoms with Crippen molar-refractivity contribution < 1.29 is 18.7 Å². The Kier molecular flexibility index (Phi) is 4.87. The molecule has 0 saturated carbocycles. The number of halogens is 1. The summed E-state index contributed by atoms with van der Waals surface area (Å²) < 4.78 is 24.3. The van der Waals surface area contributed by atoms with Crippen LogP contribution in [0.4, 0.5) is 5.69 Å². The maximum atomic E-state index is 13.1. The summed E-state index contributed by atoms with van der Waals surface area (Å²) in [5.74, 6) is -0.833. The Hall–Kier alpha value is -3.10. The van der Waals surface area contributed by atoms with Crippen molar-refractivity contribution in [2.24, 2.45) is 0 Å². The van der Waals surface area contributed by atoms with Crippen molar-refractivity contribution in [2.75, 3.05) is 4.31 Å². The van der Waals surface area contributed by atoms with Crippen molar-refractivity contribution in [3.8, 4) is 0 Å². The zero-order valence-electron chi connectivity index (χ0n) is 17.0. The Morgan fingerprint density at radius 1 is 0.844 bits per heavy atom. The van der Waals surface area contributed by atoms with Crippen LogP contribution in [0.3, 0.4) is 0 Å². The summed E-state index contributed by atoms with van der Waals surface area (Å²) in [5.41, 5.74) is 2.11. The smallest absolute Gasteiger partial charge is 0.262 e. The Morgan fingerprint density at radius 2 is 1.44 bits per heavy atom. The molecule has 2 aliphatic rings. The van der Waals surface area contributed by atoms with Gasteiger partial charge in [-0.3, -0.25) is 23.6 Å². The van der Waals surface area contributed by atoms with E-state index in [0.29, 0.717) is 28.1 Å². The minimum Gasteiger partial charge on any atom is -0.277 e. The fourth-order valence-electron chi connectivity index (χ4n) is 4.23. The monoisotopic (exact) mass is 466 g/mol. The van der Waals surface area contributed by atoms with Gasteiger partial charge in [-0.2, -0.15) is 0 Å². The van der Waals surface area contributed by atoms with Crippen molar-refractivity contribution in [1.29, 1.82) is 0 Å². The average molecular weight is 467 g/mol. The van der Waals surface area contributed by atoms with Crippen molar-refractivity contribution in [2.45, 2.75) is 17.9 Å². The number of hydrogen-bond acceptors (Lipinski definition) is 5. The molecule has 0 bridgehead atoms. The van der Waals surface area contributed by atoms with Crippen molar-refractivity contribution in [1.82, 2.24) is 4.90 Å². The van der Waals surface area contributed by atoms with Gasteiger partial charge in [0.1, 0.15) is 4.90 Å². The standard InChI is InChI=1S/C24H19ClN2O4S/c1-15(26-23(28)18-11-5-6-12-19(18)24(26)29)21-14-16-8-7-13-20(25)22(16)32(30,31)27(21)17-9-3-2-4-10-17/h2-15,30-31H,1H3/t15-/m0/s1. The molecule has 32 heavy (non-hydrogen) atoms.